The third-order valence-electron chi connectivity index (χ3n) is 3.42. The molecule has 24 heavy (non-hydrogen) atoms. The van der Waals surface area contributed by atoms with E-state index in [4.69, 9.17) is 11.1 Å². The molecular weight excluding hydrogens is 304 g/mol. The molecule has 1 aromatic carbocycles. The molecule has 0 atom stereocenters. The molecule has 3 rings (SSSR count). The minimum absolute atomic E-state index is 0.187. The Kier molecular flexibility index (Phi) is 4.33. The minimum Gasteiger partial charge on any atom is -0.398 e. The molecule has 0 aliphatic carbocycles. The van der Waals surface area contributed by atoms with Gasteiger partial charge in [0.05, 0.1) is 18.4 Å². The third-order valence-corrected chi connectivity index (χ3v) is 3.42. The van der Waals surface area contributed by atoms with Gasteiger partial charge in [-0.2, -0.15) is 5.10 Å². The maximum Gasteiger partial charge on any atom is 0.274 e. The Bertz CT molecular complexity index is 872. The van der Waals surface area contributed by atoms with E-state index in [0.717, 1.165) is 5.56 Å². The molecule has 0 saturated carbocycles. The van der Waals surface area contributed by atoms with E-state index in [0.29, 0.717) is 23.5 Å². The number of carbonyl (C=O) groups excluding carboxylic acids is 1. The van der Waals surface area contributed by atoms with Crippen LogP contribution in [0.25, 0.3) is 0 Å². The number of carbonyl (C=O) groups is 1. The van der Waals surface area contributed by atoms with E-state index in [2.05, 4.69) is 15.4 Å². The van der Waals surface area contributed by atoms with E-state index >= 15 is 0 Å². The average Bonchev–Trinajstić information content (AvgIpc) is 3.02. The lowest BCUT2D eigenvalue weighted by Crippen LogP contribution is -2.23. The zero-order valence-electron chi connectivity index (χ0n) is 12.8. The van der Waals surface area contributed by atoms with Crippen molar-refractivity contribution >= 4 is 23.0 Å². The molecule has 7 nitrogen and oxygen atoms in total. The van der Waals surface area contributed by atoms with Crippen LogP contribution in [-0.4, -0.2) is 26.4 Å². The molecule has 4 N–H and O–H groups in total. The van der Waals surface area contributed by atoms with E-state index in [1.807, 2.05) is 12.1 Å². The van der Waals surface area contributed by atoms with Crippen LogP contribution in [0.5, 0.6) is 0 Å². The number of para-hydroxylation sites is 1. The Morgan fingerprint density at radius 2 is 2.04 bits per heavy atom. The van der Waals surface area contributed by atoms with Gasteiger partial charge < -0.3 is 11.1 Å². The van der Waals surface area contributed by atoms with Crippen LogP contribution < -0.4 is 11.1 Å². The van der Waals surface area contributed by atoms with Gasteiger partial charge in [0.25, 0.3) is 5.91 Å². The van der Waals surface area contributed by atoms with E-state index < -0.39 is 5.91 Å². The van der Waals surface area contributed by atoms with E-state index in [-0.39, 0.29) is 5.71 Å². The maximum absolute atomic E-state index is 12.2. The Hall–Kier alpha value is -3.48. The largest absolute Gasteiger partial charge is 0.398 e. The zero-order chi connectivity index (χ0) is 16.9. The third kappa shape index (κ3) is 3.46. The number of amides is 1. The van der Waals surface area contributed by atoms with Gasteiger partial charge in [0.15, 0.2) is 0 Å². The first-order valence-electron chi connectivity index (χ1n) is 7.29. The highest BCUT2D eigenvalue weighted by molar-refractivity contribution is 6.48. The van der Waals surface area contributed by atoms with Gasteiger partial charge in [-0.1, -0.05) is 24.3 Å². The lowest BCUT2D eigenvalue weighted by atomic mass is 10.1. The van der Waals surface area contributed by atoms with Gasteiger partial charge in [-0.05, 0) is 17.7 Å². The maximum atomic E-state index is 12.2. The van der Waals surface area contributed by atoms with Gasteiger partial charge in [0, 0.05) is 29.8 Å². The predicted molar refractivity (Wildman–Crippen MR) is 91.9 cm³/mol. The van der Waals surface area contributed by atoms with Crippen molar-refractivity contribution in [1.29, 1.82) is 5.41 Å². The first-order chi connectivity index (χ1) is 11.6. The zero-order valence-corrected chi connectivity index (χ0v) is 12.8. The second-order valence-corrected chi connectivity index (χ2v) is 5.20. The topological polar surface area (TPSA) is 110 Å². The van der Waals surface area contributed by atoms with Gasteiger partial charge in [-0.3, -0.25) is 19.9 Å². The standard InChI is InChI=1S/C17H16N6O/c18-15-6-2-1-5-14(15)16(19)17(24)22-13-9-21-23(11-13)10-12-4-3-7-20-8-12/h1-9,11,19H,10,18H2,(H,22,24). The normalized spacial score (nSPS) is 10.3. The number of hydrogen-bond donors (Lipinski definition) is 3. The Morgan fingerprint density at radius 1 is 1.21 bits per heavy atom. The molecule has 0 spiro atoms. The summed E-state index contributed by atoms with van der Waals surface area (Å²) >= 11 is 0. The first kappa shape index (κ1) is 15.4. The number of aromatic nitrogens is 3. The second kappa shape index (κ2) is 6.74. The molecule has 120 valence electrons. The molecule has 0 radical (unpaired) electrons. The van der Waals surface area contributed by atoms with E-state index in [1.165, 1.54) is 6.20 Å². The number of nitrogens with two attached hydrogens (primary N) is 1. The van der Waals surface area contributed by atoms with Gasteiger partial charge in [0.2, 0.25) is 0 Å². The minimum atomic E-state index is -0.533. The number of rotatable bonds is 5. The lowest BCUT2D eigenvalue weighted by molar-refractivity contribution is -0.110. The van der Waals surface area contributed by atoms with Crippen molar-refractivity contribution in [3.8, 4) is 0 Å². The second-order valence-electron chi connectivity index (χ2n) is 5.20. The summed E-state index contributed by atoms with van der Waals surface area (Å²) in [6.07, 6.45) is 6.70. The van der Waals surface area contributed by atoms with Crippen LogP contribution in [0.15, 0.2) is 61.2 Å². The summed E-state index contributed by atoms with van der Waals surface area (Å²) in [6, 6.07) is 10.6. The fourth-order valence-electron chi connectivity index (χ4n) is 2.23. The number of nitrogen functional groups attached to an aromatic ring is 1. The Morgan fingerprint density at radius 3 is 2.79 bits per heavy atom. The number of anilines is 2. The van der Waals surface area contributed by atoms with Gasteiger partial charge in [-0.25, -0.2) is 0 Å². The van der Waals surface area contributed by atoms with Gasteiger partial charge in [0.1, 0.15) is 5.71 Å². The number of pyridine rings is 1. The Labute approximate surface area is 138 Å². The van der Waals surface area contributed by atoms with Crippen LogP contribution in [-0.2, 0) is 11.3 Å². The van der Waals surface area contributed by atoms with E-state index in [9.17, 15) is 4.79 Å². The summed E-state index contributed by atoms with van der Waals surface area (Å²) in [6.45, 7) is 0.548. The van der Waals surface area contributed by atoms with Crippen molar-refractivity contribution in [2.24, 2.45) is 0 Å². The van der Waals surface area contributed by atoms with Crippen molar-refractivity contribution in [3.05, 3.63) is 72.3 Å². The summed E-state index contributed by atoms with van der Waals surface area (Å²) in [4.78, 5) is 16.2. The number of benzene rings is 1. The lowest BCUT2D eigenvalue weighted by Gasteiger charge is -2.07. The van der Waals surface area contributed by atoms with Crippen LogP contribution in [0.4, 0.5) is 11.4 Å². The fraction of sp³-hybridized carbons (Fsp3) is 0.0588. The summed E-state index contributed by atoms with van der Waals surface area (Å²) in [5.74, 6) is -0.533. The van der Waals surface area contributed by atoms with Crippen molar-refractivity contribution < 1.29 is 4.79 Å². The van der Waals surface area contributed by atoms with Gasteiger partial charge >= 0.3 is 0 Å². The van der Waals surface area contributed by atoms with Crippen LogP contribution >= 0.6 is 0 Å². The van der Waals surface area contributed by atoms with Gasteiger partial charge in [-0.15, -0.1) is 0 Å². The predicted octanol–water partition coefficient (Wildman–Crippen LogP) is 1.92. The smallest absolute Gasteiger partial charge is 0.274 e. The summed E-state index contributed by atoms with van der Waals surface area (Å²) in [5, 5.41) is 14.8. The highest BCUT2D eigenvalue weighted by atomic mass is 16.1. The summed E-state index contributed by atoms with van der Waals surface area (Å²) in [5.41, 5.74) is 7.93. The number of hydrogen-bond acceptors (Lipinski definition) is 5. The molecule has 0 aliphatic rings. The monoisotopic (exact) mass is 320 g/mol. The van der Waals surface area contributed by atoms with Crippen molar-refractivity contribution in [1.82, 2.24) is 14.8 Å². The van der Waals surface area contributed by atoms with Crippen LogP contribution in [0, 0.1) is 5.41 Å². The molecule has 0 unspecified atom stereocenters. The van der Waals surface area contributed by atoms with Crippen molar-refractivity contribution in [3.63, 3.8) is 0 Å². The molecule has 1 amide bonds. The molecule has 0 saturated heterocycles. The van der Waals surface area contributed by atoms with Crippen molar-refractivity contribution in [2.75, 3.05) is 11.1 Å². The Balaban J connectivity index is 1.67. The average molecular weight is 320 g/mol. The van der Waals surface area contributed by atoms with Crippen LogP contribution in [0.3, 0.4) is 0 Å². The molecule has 2 aromatic heterocycles. The molecular formula is C17H16N6O. The van der Waals surface area contributed by atoms with Crippen LogP contribution in [0.2, 0.25) is 0 Å². The first-order valence-corrected chi connectivity index (χ1v) is 7.29. The quantitative estimate of drug-likeness (QED) is 0.492. The molecule has 0 fully saturated rings. The fourth-order valence-corrected chi connectivity index (χ4v) is 2.23. The molecule has 7 heteroatoms. The number of nitrogens with zero attached hydrogens (tertiary/aromatic N) is 3. The highest BCUT2D eigenvalue weighted by Crippen LogP contribution is 2.13. The van der Waals surface area contributed by atoms with E-state index in [1.54, 1.807) is 47.5 Å². The SMILES string of the molecule is N=C(C(=O)Nc1cnn(Cc2cccnc2)c1)c1ccccc1N. The van der Waals surface area contributed by atoms with Crippen LogP contribution in [0.1, 0.15) is 11.1 Å². The molecule has 0 aliphatic heterocycles. The highest BCUT2D eigenvalue weighted by Gasteiger charge is 2.15. The number of nitrogens with one attached hydrogen (secondary N) is 2. The summed E-state index contributed by atoms with van der Waals surface area (Å²) in [7, 11) is 0. The molecule has 0 bridgehead atoms. The van der Waals surface area contributed by atoms with Crippen molar-refractivity contribution in [2.45, 2.75) is 6.54 Å². The molecule has 3 aromatic rings. The summed E-state index contributed by atoms with van der Waals surface area (Å²) < 4.78 is 1.69. The molecule has 2 heterocycles.